The molecule has 3 rings (SSSR count). The molecule has 0 spiro atoms. The van der Waals surface area contributed by atoms with Crippen LogP contribution in [0.1, 0.15) is 24.1 Å². The highest BCUT2D eigenvalue weighted by atomic mass is 16.3. The summed E-state index contributed by atoms with van der Waals surface area (Å²) in [5.74, 6) is 2.21. The fraction of sp³-hybridized carbons (Fsp3) is 0.235. The van der Waals surface area contributed by atoms with Crippen LogP contribution in [0.4, 0.5) is 5.82 Å². The molecule has 0 atom stereocenters. The first-order chi connectivity index (χ1) is 10.7. The Morgan fingerprint density at radius 3 is 2.64 bits per heavy atom. The number of hydrogen-bond donors (Lipinski definition) is 1. The van der Waals surface area contributed by atoms with Gasteiger partial charge in [0.15, 0.2) is 0 Å². The first kappa shape index (κ1) is 14.3. The molecule has 0 aliphatic heterocycles. The average Bonchev–Trinajstić information content (AvgIpc) is 3.02. The van der Waals surface area contributed by atoms with Crippen LogP contribution in [-0.4, -0.2) is 15.0 Å². The van der Waals surface area contributed by atoms with E-state index in [1.807, 2.05) is 43.3 Å². The van der Waals surface area contributed by atoms with Crippen molar-refractivity contribution in [2.24, 2.45) is 0 Å². The molecule has 0 aliphatic carbocycles. The summed E-state index contributed by atoms with van der Waals surface area (Å²) in [4.78, 5) is 13.2. The van der Waals surface area contributed by atoms with Crippen molar-refractivity contribution >= 4 is 5.82 Å². The van der Waals surface area contributed by atoms with Gasteiger partial charge in [0.05, 0.1) is 12.2 Å². The van der Waals surface area contributed by atoms with Crippen LogP contribution in [0, 0.1) is 6.92 Å². The van der Waals surface area contributed by atoms with E-state index in [1.54, 1.807) is 6.26 Å². The zero-order valence-corrected chi connectivity index (χ0v) is 12.7. The molecule has 5 nitrogen and oxygen atoms in total. The Morgan fingerprint density at radius 2 is 1.86 bits per heavy atom. The Bertz CT molecular complexity index is 752. The van der Waals surface area contributed by atoms with E-state index >= 15 is 0 Å². The molecule has 2 aromatic heterocycles. The molecule has 22 heavy (non-hydrogen) atoms. The average molecular weight is 294 g/mol. The van der Waals surface area contributed by atoms with Crippen molar-refractivity contribution in [2.45, 2.75) is 26.8 Å². The predicted octanol–water partition coefficient (Wildman–Crippen LogP) is 3.61. The molecule has 5 heteroatoms. The van der Waals surface area contributed by atoms with Crippen molar-refractivity contribution in [1.82, 2.24) is 15.0 Å². The Labute approximate surface area is 129 Å². The number of aromatic nitrogens is 3. The summed E-state index contributed by atoms with van der Waals surface area (Å²) in [6.07, 6.45) is 2.56. The molecule has 2 heterocycles. The van der Waals surface area contributed by atoms with Crippen molar-refractivity contribution in [3.8, 4) is 11.5 Å². The molecule has 1 N–H and O–H groups in total. The summed E-state index contributed by atoms with van der Waals surface area (Å²) in [5.41, 5.74) is 2.84. The molecular formula is C17H18N4O. The standard InChI is InChI=1S/C17H18N4O/c1-3-14-9-16(20-12(2)19-14)18-10-15-11-22-17(21-15)13-7-5-4-6-8-13/h4-9,11H,3,10H2,1-2H3,(H,18,19,20). The fourth-order valence-electron chi connectivity index (χ4n) is 2.18. The largest absolute Gasteiger partial charge is 0.444 e. The third-order valence-corrected chi connectivity index (χ3v) is 3.28. The molecule has 112 valence electrons. The predicted molar refractivity (Wildman–Crippen MR) is 85.4 cm³/mol. The van der Waals surface area contributed by atoms with E-state index in [1.165, 1.54) is 0 Å². The highest BCUT2D eigenvalue weighted by Gasteiger charge is 2.07. The minimum Gasteiger partial charge on any atom is -0.444 e. The Morgan fingerprint density at radius 1 is 1.05 bits per heavy atom. The van der Waals surface area contributed by atoms with Crippen molar-refractivity contribution < 1.29 is 4.42 Å². The monoisotopic (exact) mass is 294 g/mol. The van der Waals surface area contributed by atoms with Gasteiger partial charge in [-0.3, -0.25) is 0 Å². The molecule has 3 aromatic rings. The van der Waals surface area contributed by atoms with Gasteiger partial charge in [-0.05, 0) is 25.5 Å². The summed E-state index contributed by atoms with van der Waals surface area (Å²) in [6, 6.07) is 11.8. The van der Waals surface area contributed by atoms with E-state index in [2.05, 4.69) is 27.2 Å². The SMILES string of the molecule is CCc1cc(NCc2coc(-c3ccccc3)n2)nc(C)n1. The zero-order chi connectivity index (χ0) is 15.4. The number of hydrogen-bond acceptors (Lipinski definition) is 5. The maximum atomic E-state index is 5.52. The summed E-state index contributed by atoms with van der Waals surface area (Å²) in [6.45, 7) is 4.54. The van der Waals surface area contributed by atoms with Gasteiger partial charge in [0.1, 0.15) is 17.9 Å². The van der Waals surface area contributed by atoms with Crippen molar-refractivity contribution in [3.05, 3.63) is 59.9 Å². The maximum Gasteiger partial charge on any atom is 0.226 e. The van der Waals surface area contributed by atoms with Gasteiger partial charge in [0.2, 0.25) is 5.89 Å². The minimum atomic E-state index is 0.565. The van der Waals surface area contributed by atoms with Gasteiger partial charge in [-0.2, -0.15) is 0 Å². The molecule has 0 fully saturated rings. The smallest absolute Gasteiger partial charge is 0.226 e. The van der Waals surface area contributed by atoms with Gasteiger partial charge in [-0.15, -0.1) is 0 Å². The number of benzene rings is 1. The summed E-state index contributed by atoms with van der Waals surface area (Å²) in [7, 11) is 0. The molecule has 0 saturated carbocycles. The lowest BCUT2D eigenvalue weighted by atomic mass is 10.2. The van der Waals surface area contributed by atoms with Crippen LogP contribution in [0.15, 0.2) is 47.1 Å². The third kappa shape index (κ3) is 3.31. The molecule has 0 saturated heterocycles. The quantitative estimate of drug-likeness (QED) is 0.778. The Hall–Kier alpha value is -2.69. The molecular weight excluding hydrogens is 276 g/mol. The Kier molecular flexibility index (Phi) is 4.14. The van der Waals surface area contributed by atoms with Crippen LogP contribution in [0.25, 0.3) is 11.5 Å². The molecule has 0 unspecified atom stereocenters. The first-order valence-electron chi connectivity index (χ1n) is 7.33. The van der Waals surface area contributed by atoms with Crippen LogP contribution in [0.2, 0.25) is 0 Å². The van der Waals surface area contributed by atoms with Crippen molar-refractivity contribution in [2.75, 3.05) is 5.32 Å². The minimum absolute atomic E-state index is 0.565. The number of anilines is 1. The van der Waals surface area contributed by atoms with Crippen LogP contribution in [-0.2, 0) is 13.0 Å². The van der Waals surface area contributed by atoms with Crippen molar-refractivity contribution in [1.29, 1.82) is 0 Å². The second-order valence-corrected chi connectivity index (χ2v) is 5.01. The van der Waals surface area contributed by atoms with E-state index in [0.29, 0.717) is 12.4 Å². The Balaban J connectivity index is 1.70. The van der Waals surface area contributed by atoms with E-state index in [-0.39, 0.29) is 0 Å². The third-order valence-electron chi connectivity index (χ3n) is 3.28. The van der Waals surface area contributed by atoms with Gasteiger partial charge >= 0.3 is 0 Å². The molecule has 0 radical (unpaired) electrons. The van der Waals surface area contributed by atoms with Crippen LogP contribution >= 0.6 is 0 Å². The lowest BCUT2D eigenvalue weighted by Gasteiger charge is -2.06. The number of nitrogens with one attached hydrogen (secondary N) is 1. The lowest BCUT2D eigenvalue weighted by Crippen LogP contribution is -2.05. The number of nitrogens with zero attached hydrogens (tertiary/aromatic N) is 3. The summed E-state index contributed by atoms with van der Waals surface area (Å²) in [5, 5.41) is 3.27. The van der Waals surface area contributed by atoms with Gasteiger partial charge in [-0.1, -0.05) is 25.1 Å². The highest BCUT2D eigenvalue weighted by molar-refractivity contribution is 5.52. The second-order valence-electron chi connectivity index (χ2n) is 5.01. The van der Waals surface area contributed by atoms with Gasteiger partial charge in [0, 0.05) is 17.3 Å². The van der Waals surface area contributed by atoms with Crippen molar-refractivity contribution in [3.63, 3.8) is 0 Å². The van der Waals surface area contributed by atoms with E-state index in [9.17, 15) is 0 Å². The van der Waals surface area contributed by atoms with Crippen LogP contribution in [0.3, 0.4) is 0 Å². The molecule has 0 aliphatic rings. The number of oxazole rings is 1. The van der Waals surface area contributed by atoms with Gasteiger partial charge < -0.3 is 9.73 Å². The van der Waals surface area contributed by atoms with E-state index in [4.69, 9.17) is 4.42 Å². The van der Waals surface area contributed by atoms with E-state index in [0.717, 1.165) is 35.0 Å². The maximum absolute atomic E-state index is 5.52. The van der Waals surface area contributed by atoms with Crippen LogP contribution in [0.5, 0.6) is 0 Å². The van der Waals surface area contributed by atoms with Gasteiger partial charge in [0.25, 0.3) is 0 Å². The van der Waals surface area contributed by atoms with Crippen LogP contribution < -0.4 is 5.32 Å². The molecule has 1 aromatic carbocycles. The van der Waals surface area contributed by atoms with E-state index < -0.39 is 0 Å². The summed E-state index contributed by atoms with van der Waals surface area (Å²) >= 11 is 0. The number of rotatable bonds is 5. The molecule has 0 amide bonds. The lowest BCUT2D eigenvalue weighted by molar-refractivity contribution is 0.573. The first-order valence-corrected chi connectivity index (χ1v) is 7.33. The van der Waals surface area contributed by atoms with Gasteiger partial charge in [-0.25, -0.2) is 15.0 Å². The highest BCUT2D eigenvalue weighted by Crippen LogP contribution is 2.18. The summed E-state index contributed by atoms with van der Waals surface area (Å²) < 4.78 is 5.52. The fourth-order valence-corrected chi connectivity index (χ4v) is 2.18. The second kappa shape index (κ2) is 6.39. The zero-order valence-electron chi connectivity index (χ0n) is 12.7. The topological polar surface area (TPSA) is 63.8 Å². The molecule has 0 bridgehead atoms. The number of aryl methyl sites for hydroxylation is 2. The normalized spacial score (nSPS) is 10.6.